The Balaban J connectivity index is 0.000000188. The number of aromatic nitrogens is 3. The molecule has 3 aliphatic rings. The molecule has 6 heterocycles. The van der Waals surface area contributed by atoms with Crippen LogP contribution < -0.4 is 16.4 Å². The van der Waals surface area contributed by atoms with Gasteiger partial charge in [-0.25, -0.2) is 4.79 Å². The van der Waals surface area contributed by atoms with Crippen LogP contribution in [-0.4, -0.2) is 180 Å². The van der Waals surface area contributed by atoms with Crippen molar-refractivity contribution in [1.29, 1.82) is 0 Å². The van der Waals surface area contributed by atoms with Crippen LogP contribution in [0, 0.1) is 0 Å². The second kappa shape index (κ2) is 34.6. The Labute approximate surface area is 514 Å². The van der Waals surface area contributed by atoms with Crippen molar-refractivity contribution in [2.45, 2.75) is 77.3 Å². The van der Waals surface area contributed by atoms with Crippen LogP contribution in [0.2, 0.25) is 0 Å². The van der Waals surface area contributed by atoms with E-state index in [-0.39, 0.29) is 36.5 Å². The summed E-state index contributed by atoms with van der Waals surface area (Å²) >= 11 is 0. The van der Waals surface area contributed by atoms with E-state index >= 15 is 0 Å². The van der Waals surface area contributed by atoms with E-state index in [4.69, 9.17) is 10.8 Å². The van der Waals surface area contributed by atoms with Gasteiger partial charge >= 0.3 is 5.97 Å². The lowest BCUT2D eigenvalue weighted by molar-refractivity contribution is -0.117. The minimum atomic E-state index is -0.878. The van der Waals surface area contributed by atoms with E-state index in [0.717, 1.165) is 130 Å². The average Bonchev–Trinajstić information content (AvgIpc) is 3.02. The predicted octanol–water partition coefficient (Wildman–Crippen LogP) is 9.01. The number of ketones is 2. The van der Waals surface area contributed by atoms with Gasteiger partial charge in [-0.15, -0.1) is 12.4 Å². The summed E-state index contributed by atoms with van der Waals surface area (Å²) in [5, 5.41) is 18.7. The standard InChI is InChI=1S/C25H32N4O.C18H23N3O2.C14H18N2O2.C7H9N.C4H7NO.ClH/c1-27(2)13-6-14-28-15-11-21-17-22(9-10-24(21)28)25(30)29-16-12-23(19-29)26-18-20-7-4-3-5-8-20;1-19(2)8-3-9-20-10-6-14-12-15(4-5-17(14)20)18(23)21-11-7-16(22)13-21;1-15(2)7-3-8-16-9-6-11-10-12(14(17)18)4-5-13(11)16;8-6-7-4-2-1-3-5-7;6-4-1-2-5-3-4;/h3-5,7-11,15,17,23,26H,6,12-14,16,18-19H2,1-2H3;4-6,10,12H,3,7-9,11,13H2,1-2H3;4-6,9-10H,3,7-8H2,1-2H3,(H,17,18);1-5H,6,8H2;5H,1-3H2;1H. The molecule has 0 aliphatic carbocycles. The zero-order valence-corrected chi connectivity index (χ0v) is 52.0. The average molecular weight is 1190 g/mol. The maximum Gasteiger partial charge on any atom is 0.335 e. The molecule has 1 unspecified atom stereocenters. The van der Waals surface area contributed by atoms with Gasteiger partial charge in [-0.3, -0.25) is 19.2 Å². The molecule has 8 aromatic rings. The fraction of sp³-hybridized carbons (Fsp3) is 0.397. The Kier molecular flexibility index (Phi) is 27.2. The van der Waals surface area contributed by atoms with Crippen molar-refractivity contribution in [3.63, 3.8) is 0 Å². The van der Waals surface area contributed by atoms with Gasteiger partial charge in [-0.2, -0.15) is 0 Å². The summed E-state index contributed by atoms with van der Waals surface area (Å²) in [4.78, 5) is 68.1. The molecule has 1 atom stereocenters. The molecule has 0 bridgehead atoms. The number of carbonyl (C=O) groups excluding carboxylic acids is 4. The number of nitrogens with two attached hydrogens (primary N) is 1. The van der Waals surface area contributed by atoms with Crippen molar-refractivity contribution in [2.24, 2.45) is 5.73 Å². The summed E-state index contributed by atoms with van der Waals surface area (Å²) in [6.45, 7) is 11.4. The van der Waals surface area contributed by atoms with Gasteiger partial charge in [0.15, 0.2) is 5.78 Å². The van der Waals surface area contributed by atoms with E-state index in [0.29, 0.717) is 49.0 Å². The molecule has 5 aromatic carbocycles. The van der Waals surface area contributed by atoms with Crippen LogP contribution in [0.25, 0.3) is 32.7 Å². The lowest BCUT2D eigenvalue weighted by Crippen LogP contribution is -2.34. The van der Waals surface area contributed by atoms with Crippen molar-refractivity contribution in [1.82, 2.24) is 48.8 Å². The van der Waals surface area contributed by atoms with Crippen LogP contribution >= 0.6 is 12.4 Å². The number of likely N-dealkylation sites (tertiary alicyclic amines) is 2. The monoisotopic (exact) mass is 1190 g/mol. The van der Waals surface area contributed by atoms with E-state index < -0.39 is 5.97 Å². The van der Waals surface area contributed by atoms with Gasteiger partial charge in [0.25, 0.3) is 11.8 Å². The number of Topliss-reactive ketones (excluding diaryl/α,β-unsaturated/α-hetero) is 2. The molecular weight excluding hydrogens is 1100 g/mol. The zero-order chi connectivity index (χ0) is 60.7. The van der Waals surface area contributed by atoms with E-state index in [1.807, 2.05) is 90.0 Å². The molecule has 5 N–H and O–H groups in total. The van der Waals surface area contributed by atoms with Gasteiger partial charge in [0.1, 0.15) is 5.78 Å². The van der Waals surface area contributed by atoms with Crippen molar-refractivity contribution < 1.29 is 29.1 Å². The van der Waals surface area contributed by atoms with Crippen LogP contribution in [-0.2, 0) is 42.3 Å². The summed E-state index contributed by atoms with van der Waals surface area (Å²) in [6.07, 6.45) is 11.7. The topological polar surface area (TPSA) is 187 Å². The first-order valence-corrected chi connectivity index (χ1v) is 29.8. The summed E-state index contributed by atoms with van der Waals surface area (Å²) in [6, 6.07) is 44.1. The fourth-order valence-corrected chi connectivity index (χ4v) is 10.6. The number of aromatic carboxylic acids is 1. The number of carboxylic acid groups (broad SMARTS) is 1. The third-order valence-electron chi connectivity index (χ3n) is 15.3. The van der Waals surface area contributed by atoms with Gasteiger partial charge in [0.05, 0.1) is 18.7 Å². The van der Waals surface area contributed by atoms with Gasteiger partial charge in [0, 0.05) is 140 Å². The van der Waals surface area contributed by atoms with Gasteiger partial charge in [0.2, 0.25) is 0 Å². The first kappa shape index (κ1) is 67.6. The lowest BCUT2D eigenvalue weighted by atomic mass is 10.1. The molecule has 3 aromatic heterocycles. The Bertz CT molecular complexity index is 3400. The summed E-state index contributed by atoms with van der Waals surface area (Å²) < 4.78 is 6.68. The van der Waals surface area contributed by atoms with Gasteiger partial charge < -0.3 is 59.7 Å². The molecular formula is C68H90ClN11O6. The smallest absolute Gasteiger partial charge is 0.335 e. The largest absolute Gasteiger partial charge is 0.478 e. The van der Waals surface area contributed by atoms with Gasteiger partial charge in [-0.1, -0.05) is 60.7 Å². The number of carboxylic acids is 1. The number of halogens is 1. The molecule has 3 saturated heterocycles. The Morgan fingerprint density at radius 1 is 0.570 bits per heavy atom. The molecule has 0 radical (unpaired) electrons. The van der Waals surface area contributed by atoms with E-state index in [1.165, 1.54) is 16.6 Å². The third kappa shape index (κ3) is 20.9. The number of rotatable bonds is 19. The summed E-state index contributed by atoms with van der Waals surface area (Å²) in [5.74, 6) is -0.293. The molecule has 3 fully saturated rings. The second-order valence-electron chi connectivity index (χ2n) is 22.9. The van der Waals surface area contributed by atoms with Crippen molar-refractivity contribution in [3.05, 3.63) is 180 Å². The number of benzene rings is 5. The third-order valence-corrected chi connectivity index (χ3v) is 15.3. The summed E-state index contributed by atoms with van der Waals surface area (Å²) in [5.41, 5.74) is 13.1. The molecule has 460 valence electrons. The van der Waals surface area contributed by atoms with Crippen molar-refractivity contribution in [3.8, 4) is 0 Å². The van der Waals surface area contributed by atoms with E-state index in [2.05, 4.69) is 136 Å². The number of fused-ring (bicyclic) bond motifs is 3. The van der Waals surface area contributed by atoms with Crippen LogP contribution in [0.5, 0.6) is 0 Å². The van der Waals surface area contributed by atoms with Gasteiger partial charge in [-0.05, 0) is 172 Å². The number of aryl methyl sites for hydroxylation is 3. The fourth-order valence-electron chi connectivity index (χ4n) is 10.6. The van der Waals surface area contributed by atoms with Crippen LogP contribution in [0.4, 0.5) is 0 Å². The highest BCUT2D eigenvalue weighted by Gasteiger charge is 2.27. The van der Waals surface area contributed by atoms with Crippen LogP contribution in [0.15, 0.2) is 152 Å². The van der Waals surface area contributed by atoms with E-state index in [9.17, 15) is 24.0 Å². The number of amides is 2. The zero-order valence-electron chi connectivity index (χ0n) is 51.2. The number of hydrogen-bond acceptors (Lipinski definition) is 11. The second-order valence-corrected chi connectivity index (χ2v) is 22.9. The van der Waals surface area contributed by atoms with Crippen LogP contribution in [0.1, 0.15) is 80.7 Å². The molecule has 17 nitrogen and oxygen atoms in total. The molecule has 0 saturated carbocycles. The molecule has 0 spiro atoms. The van der Waals surface area contributed by atoms with Crippen LogP contribution in [0.3, 0.4) is 0 Å². The molecule has 86 heavy (non-hydrogen) atoms. The highest BCUT2D eigenvalue weighted by Crippen LogP contribution is 2.23. The maximum atomic E-state index is 13.1. The first-order chi connectivity index (χ1) is 41.0. The molecule has 18 heteroatoms. The molecule has 2 amide bonds. The molecule has 3 aliphatic heterocycles. The quantitative estimate of drug-likeness (QED) is 0.0603. The Hall–Kier alpha value is -7.48. The number of hydrogen-bond donors (Lipinski definition) is 4. The minimum absolute atomic E-state index is 0. The highest BCUT2D eigenvalue weighted by molar-refractivity contribution is 6.01. The predicted molar refractivity (Wildman–Crippen MR) is 349 cm³/mol. The summed E-state index contributed by atoms with van der Waals surface area (Å²) in [7, 11) is 12.5. The SMILES string of the molecule is CN(C)CCCn1ccc2cc(C(=O)N3CCC(=O)C3)ccc21.CN(C)CCCn1ccc2cc(C(=O)N3CCC(NCc4ccccc4)C3)ccc21.CN(C)CCCn1ccc2cc(C(=O)O)ccc21.Cl.NCc1ccccc1.O=C1CCNC1. The Morgan fingerprint density at radius 2 is 1.02 bits per heavy atom. The van der Waals surface area contributed by atoms with Crippen molar-refractivity contribution >= 4 is 74.5 Å². The normalized spacial score (nSPS) is 14.6. The minimum Gasteiger partial charge on any atom is -0.478 e. The molecule has 11 rings (SSSR count). The first-order valence-electron chi connectivity index (χ1n) is 29.8. The number of nitrogens with one attached hydrogen (secondary N) is 2. The Morgan fingerprint density at radius 3 is 1.41 bits per heavy atom. The van der Waals surface area contributed by atoms with Crippen molar-refractivity contribution in [2.75, 3.05) is 101 Å². The maximum absolute atomic E-state index is 13.1. The number of carbonyl (C=O) groups is 5. The van der Waals surface area contributed by atoms with E-state index in [1.54, 1.807) is 17.0 Å². The number of nitrogens with zero attached hydrogens (tertiary/aromatic N) is 8. The lowest BCUT2D eigenvalue weighted by Gasteiger charge is -2.17. The highest BCUT2D eigenvalue weighted by atomic mass is 35.5.